The molecule has 0 atom stereocenters. The molecule has 2 aromatic rings. The van der Waals surface area contributed by atoms with Crippen molar-refractivity contribution in [1.29, 1.82) is 0 Å². The summed E-state index contributed by atoms with van der Waals surface area (Å²) in [5.74, 6) is -0.247. The second-order valence-corrected chi connectivity index (χ2v) is 6.42. The van der Waals surface area contributed by atoms with E-state index in [1.165, 1.54) is 17.3 Å². The molecule has 1 aliphatic heterocycles. The molecule has 1 fully saturated rings. The molecule has 0 bridgehead atoms. The summed E-state index contributed by atoms with van der Waals surface area (Å²) in [6.45, 7) is 1.31. The van der Waals surface area contributed by atoms with Gasteiger partial charge in [-0.05, 0) is 42.5 Å². The minimum Gasteiger partial charge on any atom is -0.348 e. The molecule has 0 spiro atoms. The molecule has 1 aromatic carbocycles. The van der Waals surface area contributed by atoms with Crippen LogP contribution in [0, 0.1) is 0 Å². The van der Waals surface area contributed by atoms with Crippen LogP contribution in [0.1, 0.15) is 44.8 Å². The number of nitrogens with one attached hydrogen (secondary N) is 1. The lowest BCUT2D eigenvalue weighted by Crippen LogP contribution is -2.36. The lowest BCUT2D eigenvalue weighted by molar-refractivity contribution is 0.0734. The van der Waals surface area contributed by atoms with Crippen molar-refractivity contribution in [2.24, 2.45) is 0 Å². The van der Waals surface area contributed by atoms with Crippen LogP contribution in [0.2, 0.25) is 0 Å². The summed E-state index contributed by atoms with van der Waals surface area (Å²) in [5.41, 5.74) is 3.33. The third-order valence-electron chi connectivity index (χ3n) is 4.57. The van der Waals surface area contributed by atoms with E-state index in [-0.39, 0.29) is 17.9 Å². The molecule has 2 amide bonds. The number of pyridine rings is 1. The van der Waals surface area contributed by atoms with Gasteiger partial charge in [-0.15, -0.1) is 0 Å². The number of carbonyl (C=O) groups is 2. The standard InChI is InChI=1S/C19H19N3O2/c23-18(21-16-5-6-16)17-11-14(7-9-20-17)19(24)22-10-8-13-3-1-2-4-15(13)12-22/h1-4,7,9,11,16H,5-6,8,10,12H2,(H,21,23). The fourth-order valence-electron chi connectivity index (χ4n) is 3.03. The molecule has 24 heavy (non-hydrogen) atoms. The van der Waals surface area contributed by atoms with Crippen molar-refractivity contribution in [3.63, 3.8) is 0 Å². The molecule has 1 aliphatic carbocycles. The van der Waals surface area contributed by atoms with Gasteiger partial charge in [0, 0.05) is 30.9 Å². The maximum absolute atomic E-state index is 12.8. The highest BCUT2D eigenvalue weighted by Crippen LogP contribution is 2.21. The molecule has 0 unspecified atom stereocenters. The first-order valence-electron chi connectivity index (χ1n) is 8.34. The number of hydrogen-bond donors (Lipinski definition) is 1. The second kappa shape index (κ2) is 6.07. The summed E-state index contributed by atoms with van der Waals surface area (Å²) in [4.78, 5) is 30.8. The van der Waals surface area contributed by atoms with Crippen LogP contribution >= 0.6 is 0 Å². The Morgan fingerprint density at radius 2 is 1.92 bits per heavy atom. The van der Waals surface area contributed by atoms with Crippen LogP contribution in [0.15, 0.2) is 42.6 Å². The topological polar surface area (TPSA) is 62.3 Å². The molecule has 0 radical (unpaired) electrons. The smallest absolute Gasteiger partial charge is 0.270 e. The Kier molecular flexibility index (Phi) is 3.76. The summed E-state index contributed by atoms with van der Waals surface area (Å²) >= 11 is 0. The van der Waals surface area contributed by atoms with E-state index in [2.05, 4.69) is 22.4 Å². The van der Waals surface area contributed by atoms with E-state index in [1.807, 2.05) is 17.0 Å². The van der Waals surface area contributed by atoms with E-state index in [1.54, 1.807) is 12.1 Å². The number of benzene rings is 1. The van der Waals surface area contributed by atoms with Gasteiger partial charge in [0.25, 0.3) is 11.8 Å². The van der Waals surface area contributed by atoms with E-state index in [0.29, 0.717) is 24.3 Å². The maximum atomic E-state index is 12.8. The monoisotopic (exact) mass is 321 g/mol. The van der Waals surface area contributed by atoms with Gasteiger partial charge < -0.3 is 10.2 Å². The Morgan fingerprint density at radius 1 is 1.12 bits per heavy atom. The Hall–Kier alpha value is -2.69. The summed E-state index contributed by atoms with van der Waals surface area (Å²) in [6.07, 6.45) is 4.45. The number of rotatable bonds is 3. The molecule has 5 nitrogen and oxygen atoms in total. The summed E-state index contributed by atoms with van der Waals surface area (Å²) in [5, 5.41) is 2.90. The predicted molar refractivity (Wildman–Crippen MR) is 89.6 cm³/mol. The van der Waals surface area contributed by atoms with Gasteiger partial charge in [0.05, 0.1) is 0 Å². The van der Waals surface area contributed by atoms with Gasteiger partial charge in [-0.1, -0.05) is 24.3 Å². The average molecular weight is 321 g/mol. The third-order valence-corrected chi connectivity index (χ3v) is 4.57. The largest absolute Gasteiger partial charge is 0.348 e. The Labute approximate surface area is 140 Å². The van der Waals surface area contributed by atoms with Gasteiger partial charge in [0.2, 0.25) is 0 Å². The normalized spacial score (nSPS) is 16.4. The van der Waals surface area contributed by atoms with Gasteiger partial charge in [-0.2, -0.15) is 0 Å². The fraction of sp³-hybridized carbons (Fsp3) is 0.316. The van der Waals surface area contributed by atoms with Crippen molar-refractivity contribution in [2.75, 3.05) is 6.54 Å². The number of nitrogens with zero attached hydrogens (tertiary/aromatic N) is 2. The zero-order valence-electron chi connectivity index (χ0n) is 13.4. The number of amides is 2. The van der Waals surface area contributed by atoms with Gasteiger partial charge in [0.15, 0.2) is 0 Å². The maximum Gasteiger partial charge on any atom is 0.270 e. The van der Waals surface area contributed by atoms with Crippen molar-refractivity contribution in [3.8, 4) is 0 Å². The minimum absolute atomic E-state index is 0.0487. The Morgan fingerprint density at radius 3 is 2.71 bits per heavy atom. The van der Waals surface area contributed by atoms with Crippen molar-refractivity contribution in [2.45, 2.75) is 31.8 Å². The average Bonchev–Trinajstić information content (AvgIpc) is 3.44. The molecule has 2 aliphatic rings. The van der Waals surface area contributed by atoms with Gasteiger partial charge >= 0.3 is 0 Å². The highest BCUT2D eigenvalue weighted by atomic mass is 16.2. The van der Waals surface area contributed by atoms with E-state index in [0.717, 1.165) is 19.3 Å². The zero-order valence-corrected chi connectivity index (χ0v) is 13.4. The SMILES string of the molecule is O=C(NC1CC1)c1cc(C(=O)N2CCc3ccccc3C2)ccn1. The quantitative estimate of drug-likeness (QED) is 0.942. The molecule has 0 saturated heterocycles. The second-order valence-electron chi connectivity index (χ2n) is 6.42. The lowest BCUT2D eigenvalue weighted by Gasteiger charge is -2.29. The van der Waals surface area contributed by atoms with Gasteiger partial charge in [-0.25, -0.2) is 0 Å². The van der Waals surface area contributed by atoms with Crippen LogP contribution in [0.5, 0.6) is 0 Å². The first kappa shape index (κ1) is 14.9. The number of hydrogen-bond acceptors (Lipinski definition) is 3. The van der Waals surface area contributed by atoms with Crippen molar-refractivity contribution in [3.05, 3.63) is 65.0 Å². The molecular weight excluding hydrogens is 302 g/mol. The van der Waals surface area contributed by atoms with Crippen molar-refractivity contribution < 1.29 is 9.59 Å². The van der Waals surface area contributed by atoms with Crippen LogP contribution in [-0.2, 0) is 13.0 Å². The summed E-state index contributed by atoms with van der Waals surface area (Å²) in [7, 11) is 0. The van der Waals surface area contributed by atoms with Crippen molar-refractivity contribution >= 4 is 11.8 Å². The zero-order chi connectivity index (χ0) is 16.5. The van der Waals surface area contributed by atoms with Crippen LogP contribution in [0.25, 0.3) is 0 Å². The van der Waals surface area contributed by atoms with E-state index in [4.69, 9.17) is 0 Å². The predicted octanol–water partition coefficient (Wildman–Crippen LogP) is 2.17. The van der Waals surface area contributed by atoms with Crippen LogP contribution in [0.3, 0.4) is 0 Å². The molecule has 1 N–H and O–H groups in total. The van der Waals surface area contributed by atoms with E-state index < -0.39 is 0 Å². The Balaban J connectivity index is 1.51. The number of aromatic nitrogens is 1. The highest BCUT2D eigenvalue weighted by molar-refractivity contribution is 5.98. The summed E-state index contributed by atoms with van der Waals surface area (Å²) in [6, 6.07) is 11.8. The van der Waals surface area contributed by atoms with E-state index in [9.17, 15) is 9.59 Å². The Bertz CT molecular complexity index is 799. The fourth-order valence-corrected chi connectivity index (χ4v) is 3.03. The third kappa shape index (κ3) is 3.02. The summed E-state index contributed by atoms with van der Waals surface area (Å²) < 4.78 is 0. The molecular formula is C19H19N3O2. The molecule has 2 heterocycles. The van der Waals surface area contributed by atoms with Crippen LogP contribution in [0.4, 0.5) is 0 Å². The van der Waals surface area contributed by atoms with Gasteiger partial charge in [-0.3, -0.25) is 14.6 Å². The first-order chi connectivity index (χ1) is 11.7. The molecule has 1 aromatic heterocycles. The molecule has 4 rings (SSSR count). The van der Waals surface area contributed by atoms with Crippen LogP contribution in [-0.4, -0.2) is 34.3 Å². The number of carbonyl (C=O) groups excluding carboxylic acids is 2. The highest BCUT2D eigenvalue weighted by Gasteiger charge is 2.26. The van der Waals surface area contributed by atoms with Crippen LogP contribution < -0.4 is 5.32 Å². The minimum atomic E-state index is -0.198. The van der Waals surface area contributed by atoms with Crippen molar-refractivity contribution in [1.82, 2.24) is 15.2 Å². The van der Waals surface area contributed by atoms with E-state index >= 15 is 0 Å². The lowest BCUT2D eigenvalue weighted by atomic mass is 9.99. The number of fused-ring (bicyclic) bond motifs is 1. The molecule has 5 heteroatoms. The first-order valence-corrected chi connectivity index (χ1v) is 8.34. The molecule has 122 valence electrons. The van der Waals surface area contributed by atoms with Gasteiger partial charge in [0.1, 0.15) is 5.69 Å². The molecule has 1 saturated carbocycles.